The van der Waals surface area contributed by atoms with Crippen LogP contribution >= 0.6 is 22.9 Å². The fourth-order valence-electron chi connectivity index (χ4n) is 1.06. The summed E-state index contributed by atoms with van der Waals surface area (Å²) in [5.74, 6) is 0.683. The van der Waals surface area contributed by atoms with Gasteiger partial charge in [-0.3, -0.25) is 0 Å². The van der Waals surface area contributed by atoms with E-state index in [0.29, 0.717) is 17.3 Å². The summed E-state index contributed by atoms with van der Waals surface area (Å²) < 4.78 is 5.22. The number of halogens is 1. The highest BCUT2D eigenvalue weighted by molar-refractivity contribution is 7.14. The van der Waals surface area contributed by atoms with Crippen LogP contribution in [0.1, 0.15) is 5.69 Å². The van der Waals surface area contributed by atoms with E-state index in [4.69, 9.17) is 21.8 Å². The molecule has 0 radical (unpaired) electrons. The number of nitrogens with two attached hydrogens (primary N) is 1. The number of rotatable bonds is 2. The van der Waals surface area contributed by atoms with Crippen molar-refractivity contribution < 1.29 is 4.42 Å². The minimum Gasteiger partial charge on any atom is -0.442 e. The number of hydrogen-bond donors (Lipinski definition) is 1. The Morgan fingerprint density at radius 1 is 1.62 bits per heavy atom. The maximum atomic E-state index is 5.94. The third-order valence-electron chi connectivity index (χ3n) is 1.66. The summed E-state index contributed by atoms with van der Waals surface area (Å²) in [6, 6.07) is 1.82. The highest BCUT2D eigenvalue weighted by Crippen LogP contribution is 2.34. The maximum absolute atomic E-state index is 5.94. The van der Waals surface area contributed by atoms with Crippen molar-refractivity contribution in [2.24, 2.45) is 5.73 Å². The molecular weight excluding hydrogens is 208 g/mol. The number of aromatic nitrogens is 1. The first kappa shape index (κ1) is 8.74. The average Bonchev–Trinajstić information content (AvgIpc) is 2.71. The second-order valence-corrected chi connectivity index (χ2v) is 3.75. The third-order valence-corrected chi connectivity index (χ3v) is 3.00. The van der Waals surface area contributed by atoms with Crippen molar-refractivity contribution in [2.45, 2.75) is 6.54 Å². The van der Waals surface area contributed by atoms with Crippen LogP contribution in [0.25, 0.3) is 10.6 Å². The molecule has 0 aliphatic carbocycles. The molecule has 0 bridgehead atoms. The minimum absolute atomic E-state index is 0.361. The van der Waals surface area contributed by atoms with Gasteiger partial charge in [-0.15, -0.1) is 11.3 Å². The molecule has 2 heterocycles. The molecule has 0 spiro atoms. The number of hydrogen-bond acceptors (Lipinski definition) is 4. The van der Waals surface area contributed by atoms with Crippen LogP contribution < -0.4 is 5.73 Å². The van der Waals surface area contributed by atoms with E-state index in [1.54, 1.807) is 0 Å². The van der Waals surface area contributed by atoms with Gasteiger partial charge in [0.2, 0.25) is 0 Å². The first-order valence-electron chi connectivity index (χ1n) is 3.68. The predicted molar refractivity (Wildman–Crippen MR) is 52.7 cm³/mol. The van der Waals surface area contributed by atoms with E-state index in [1.807, 2.05) is 11.4 Å². The molecule has 2 aromatic rings. The van der Waals surface area contributed by atoms with Crippen molar-refractivity contribution in [2.75, 3.05) is 0 Å². The van der Waals surface area contributed by atoms with E-state index < -0.39 is 0 Å². The Morgan fingerprint density at radius 3 is 3.08 bits per heavy atom. The monoisotopic (exact) mass is 214 g/mol. The Morgan fingerprint density at radius 2 is 2.46 bits per heavy atom. The summed E-state index contributed by atoms with van der Waals surface area (Å²) in [5.41, 5.74) is 6.23. The molecule has 0 unspecified atom stereocenters. The van der Waals surface area contributed by atoms with E-state index in [1.165, 1.54) is 17.7 Å². The van der Waals surface area contributed by atoms with Crippen LogP contribution in [0.15, 0.2) is 22.3 Å². The van der Waals surface area contributed by atoms with E-state index in [9.17, 15) is 0 Å². The van der Waals surface area contributed by atoms with E-state index in [0.717, 1.165) is 10.6 Å². The zero-order valence-corrected chi connectivity index (χ0v) is 8.23. The Balaban J connectivity index is 2.52. The largest absolute Gasteiger partial charge is 0.442 e. The summed E-state index contributed by atoms with van der Waals surface area (Å²) in [7, 11) is 0. The van der Waals surface area contributed by atoms with Crippen molar-refractivity contribution in [1.82, 2.24) is 4.98 Å². The van der Waals surface area contributed by atoms with Gasteiger partial charge in [0.25, 0.3) is 0 Å². The van der Waals surface area contributed by atoms with Gasteiger partial charge >= 0.3 is 0 Å². The first-order valence-corrected chi connectivity index (χ1v) is 4.94. The van der Waals surface area contributed by atoms with Gasteiger partial charge in [0.05, 0.1) is 9.90 Å². The molecule has 2 aromatic heterocycles. The highest BCUT2D eigenvalue weighted by atomic mass is 35.5. The fraction of sp³-hybridized carbons (Fsp3) is 0.125. The fourth-order valence-corrected chi connectivity index (χ4v) is 2.21. The molecule has 0 saturated carbocycles. The zero-order chi connectivity index (χ0) is 9.26. The zero-order valence-electron chi connectivity index (χ0n) is 6.66. The molecular formula is C8H7ClN2OS. The van der Waals surface area contributed by atoms with Crippen LogP contribution in [0.5, 0.6) is 0 Å². The second-order valence-electron chi connectivity index (χ2n) is 2.43. The molecule has 0 aromatic carbocycles. The molecule has 0 saturated heterocycles. The molecule has 0 aliphatic rings. The lowest BCUT2D eigenvalue weighted by molar-refractivity contribution is 0.572. The average molecular weight is 215 g/mol. The summed E-state index contributed by atoms with van der Waals surface area (Å²) in [5, 5.41) is 2.58. The van der Waals surface area contributed by atoms with Crippen LogP contribution in [-0.2, 0) is 6.54 Å². The lowest BCUT2D eigenvalue weighted by Gasteiger charge is -1.94. The summed E-state index contributed by atoms with van der Waals surface area (Å²) in [6.07, 6.45) is 1.38. The van der Waals surface area contributed by atoms with Crippen LogP contribution in [-0.4, -0.2) is 4.98 Å². The summed E-state index contributed by atoms with van der Waals surface area (Å²) in [6.45, 7) is 0.361. The quantitative estimate of drug-likeness (QED) is 0.836. The van der Waals surface area contributed by atoms with Gasteiger partial charge in [0.15, 0.2) is 12.2 Å². The standard InChI is InChI=1S/C8H7ClN2OS/c9-5-1-2-13-8(5)7-6(3-10)11-4-12-7/h1-2,4H,3,10H2. The van der Waals surface area contributed by atoms with Gasteiger partial charge in [-0.2, -0.15) is 0 Å². The molecule has 0 atom stereocenters. The van der Waals surface area contributed by atoms with Gasteiger partial charge in [-0.25, -0.2) is 4.98 Å². The van der Waals surface area contributed by atoms with Crippen molar-refractivity contribution >= 4 is 22.9 Å². The smallest absolute Gasteiger partial charge is 0.181 e. The van der Waals surface area contributed by atoms with Crippen molar-refractivity contribution in [3.8, 4) is 10.6 Å². The van der Waals surface area contributed by atoms with E-state index >= 15 is 0 Å². The Labute approximate surface area is 84.2 Å². The normalized spacial score (nSPS) is 10.6. The minimum atomic E-state index is 0.361. The van der Waals surface area contributed by atoms with Crippen molar-refractivity contribution in [3.05, 3.63) is 28.6 Å². The SMILES string of the molecule is NCc1ncoc1-c1sccc1Cl. The van der Waals surface area contributed by atoms with Gasteiger partial charge in [-0.1, -0.05) is 11.6 Å². The molecule has 2 N–H and O–H groups in total. The van der Waals surface area contributed by atoms with Crippen molar-refractivity contribution in [3.63, 3.8) is 0 Å². The van der Waals surface area contributed by atoms with Crippen LogP contribution in [0.3, 0.4) is 0 Å². The third kappa shape index (κ3) is 1.48. The second kappa shape index (κ2) is 3.49. The molecule has 3 nitrogen and oxygen atoms in total. The molecule has 13 heavy (non-hydrogen) atoms. The van der Waals surface area contributed by atoms with Crippen LogP contribution in [0.2, 0.25) is 5.02 Å². The van der Waals surface area contributed by atoms with Gasteiger partial charge in [0.1, 0.15) is 5.69 Å². The highest BCUT2D eigenvalue weighted by Gasteiger charge is 2.13. The Bertz CT molecular complexity index is 410. The number of thiophene rings is 1. The van der Waals surface area contributed by atoms with E-state index in [2.05, 4.69) is 4.98 Å². The molecule has 5 heteroatoms. The molecule has 0 aliphatic heterocycles. The van der Waals surface area contributed by atoms with E-state index in [-0.39, 0.29) is 0 Å². The predicted octanol–water partition coefficient (Wildman–Crippen LogP) is 2.52. The van der Waals surface area contributed by atoms with Gasteiger partial charge in [0, 0.05) is 6.54 Å². The molecule has 0 amide bonds. The topological polar surface area (TPSA) is 52.0 Å². The van der Waals surface area contributed by atoms with Gasteiger partial charge in [-0.05, 0) is 11.4 Å². The Kier molecular flexibility index (Phi) is 2.35. The van der Waals surface area contributed by atoms with Crippen LogP contribution in [0, 0.1) is 0 Å². The molecule has 68 valence electrons. The molecule has 2 rings (SSSR count). The van der Waals surface area contributed by atoms with Gasteiger partial charge < -0.3 is 10.2 Å². The maximum Gasteiger partial charge on any atom is 0.181 e. The number of nitrogens with zero attached hydrogens (tertiary/aromatic N) is 1. The lowest BCUT2D eigenvalue weighted by Crippen LogP contribution is -1.97. The van der Waals surface area contributed by atoms with Crippen LogP contribution in [0.4, 0.5) is 0 Å². The number of oxazole rings is 1. The van der Waals surface area contributed by atoms with Crippen molar-refractivity contribution in [1.29, 1.82) is 0 Å². The first-order chi connectivity index (χ1) is 6.33. The summed E-state index contributed by atoms with van der Waals surface area (Å²) in [4.78, 5) is 4.88. The Hall–Kier alpha value is -0.840. The molecule has 0 fully saturated rings. The summed E-state index contributed by atoms with van der Waals surface area (Å²) >= 11 is 7.46. The lowest BCUT2D eigenvalue weighted by atomic mass is 10.3.